The van der Waals surface area contributed by atoms with Crippen molar-refractivity contribution in [2.24, 2.45) is 7.05 Å². The van der Waals surface area contributed by atoms with Crippen molar-refractivity contribution in [2.75, 3.05) is 11.9 Å². The molecule has 0 radical (unpaired) electrons. The number of hydrogen-bond acceptors (Lipinski definition) is 5. The number of carbonyl (C=O) groups excluding carboxylic acids is 1. The molecule has 3 rings (SSSR count). The highest BCUT2D eigenvalue weighted by molar-refractivity contribution is 6.30. The zero-order valence-corrected chi connectivity index (χ0v) is 13.2. The van der Waals surface area contributed by atoms with Crippen molar-refractivity contribution in [3.05, 3.63) is 29.7 Å². The number of halogens is 1. The van der Waals surface area contributed by atoms with Crippen molar-refractivity contribution in [2.45, 2.75) is 25.3 Å². The quantitative estimate of drug-likeness (QED) is 0.858. The molecule has 0 aromatic carbocycles. The fourth-order valence-electron chi connectivity index (χ4n) is 2.27. The molecule has 0 unspecified atom stereocenters. The first-order valence-corrected chi connectivity index (χ1v) is 7.41. The van der Waals surface area contributed by atoms with Crippen molar-refractivity contribution in [1.82, 2.24) is 14.8 Å². The van der Waals surface area contributed by atoms with Gasteiger partial charge in [0.05, 0.1) is 16.8 Å². The number of nitrogens with one attached hydrogen (secondary N) is 1. The van der Waals surface area contributed by atoms with Crippen LogP contribution in [0.25, 0.3) is 11.1 Å². The molecule has 2 aromatic heterocycles. The Morgan fingerprint density at radius 2 is 2.27 bits per heavy atom. The number of aromatic nitrogens is 3. The zero-order valence-electron chi connectivity index (χ0n) is 12.5. The molecule has 0 bridgehead atoms. The van der Waals surface area contributed by atoms with E-state index in [1.54, 1.807) is 17.1 Å². The van der Waals surface area contributed by atoms with Crippen LogP contribution in [-0.4, -0.2) is 32.9 Å². The molecule has 0 amide bonds. The van der Waals surface area contributed by atoms with Crippen LogP contribution in [0.5, 0.6) is 0 Å². The minimum Gasteiger partial charge on any atom is -0.463 e. The average molecular weight is 321 g/mol. The molecule has 116 valence electrons. The van der Waals surface area contributed by atoms with Crippen LogP contribution in [0.1, 0.15) is 19.8 Å². The maximum atomic E-state index is 11.0. The van der Waals surface area contributed by atoms with Crippen molar-refractivity contribution < 1.29 is 9.53 Å². The number of ether oxygens (including phenoxy) is 1. The van der Waals surface area contributed by atoms with Gasteiger partial charge in [-0.1, -0.05) is 11.6 Å². The fraction of sp³-hybridized carbons (Fsp3) is 0.400. The Kier molecular flexibility index (Phi) is 3.78. The Balaban J connectivity index is 1.86. The highest BCUT2D eigenvalue weighted by Crippen LogP contribution is 2.41. The first-order chi connectivity index (χ1) is 10.5. The summed E-state index contributed by atoms with van der Waals surface area (Å²) >= 11 is 6.08. The monoisotopic (exact) mass is 320 g/mol. The minimum absolute atomic E-state index is 0.219. The van der Waals surface area contributed by atoms with Gasteiger partial charge in [-0.25, -0.2) is 4.98 Å². The Labute approximate surface area is 133 Å². The summed E-state index contributed by atoms with van der Waals surface area (Å²) in [6.07, 6.45) is 7.16. The highest BCUT2D eigenvalue weighted by atomic mass is 35.5. The molecule has 1 fully saturated rings. The van der Waals surface area contributed by atoms with E-state index >= 15 is 0 Å². The molecule has 1 saturated carbocycles. The summed E-state index contributed by atoms with van der Waals surface area (Å²) in [5, 5.41) is 8.15. The van der Waals surface area contributed by atoms with Crippen LogP contribution < -0.4 is 5.32 Å². The molecule has 2 heterocycles. The second-order valence-corrected chi connectivity index (χ2v) is 6.07. The Morgan fingerprint density at radius 3 is 2.86 bits per heavy atom. The normalized spacial score (nSPS) is 15.4. The zero-order chi connectivity index (χ0) is 15.7. The molecule has 1 aliphatic rings. The second kappa shape index (κ2) is 5.61. The van der Waals surface area contributed by atoms with Crippen LogP contribution in [0.4, 0.5) is 5.82 Å². The number of rotatable bonds is 5. The van der Waals surface area contributed by atoms with Crippen LogP contribution in [-0.2, 0) is 16.6 Å². The molecule has 0 aliphatic heterocycles. The lowest BCUT2D eigenvalue weighted by atomic mass is 10.1. The molecule has 1 aliphatic carbocycles. The van der Waals surface area contributed by atoms with Crippen LogP contribution in [0.3, 0.4) is 0 Å². The number of anilines is 1. The van der Waals surface area contributed by atoms with Crippen LogP contribution in [0.2, 0.25) is 5.02 Å². The van der Waals surface area contributed by atoms with E-state index in [2.05, 4.69) is 15.4 Å². The van der Waals surface area contributed by atoms with Crippen molar-refractivity contribution in [3.8, 4) is 11.1 Å². The molecule has 1 N–H and O–H groups in total. The van der Waals surface area contributed by atoms with Gasteiger partial charge in [0.1, 0.15) is 12.4 Å². The minimum atomic E-state index is -0.273. The van der Waals surface area contributed by atoms with Gasteiger partial charge in [0.15, 0.2) is 0 Å². The maximum absolute atomic E-state index is 11.0. The second-order valence-electron chi connectivity index (χ2n) is 5.64. The molecule has 6 nitrogen and oxygen atoms in total. The Morgan fingerprint density at radius 1 is 1.50 bits per heavy atom. The van der Waals surface area contributed by atoms with Crippen LogP contribution in [0, 0.1) is 0 Å². The van der Waals surface area contributed by atoms with Gasteiger partial charge in [-0.3, -0.25) is 9.48 Å². The lowest BCUT2D eigenvalue weighted by Crippen LogP contribution is -2.29. The third-order valence-corrected chi connectivity index (χ3v) is 3.87. The number of carbonyl (C=O) groups is 1. The van der Waals surface area contributed by atoms with E-state index in [4.69, 9.17) is 16.3 Å². The van der Waals surface area contributed by atoms with Gasteiger partial charge in [-0.2, -0.15) is 5.10 Å². The third-order valence-electron chi connectivity index (χ3n) is 3.66. The topological polar surface area (TPSA) is 69.0 Å². The van der Waals surface area contributed by atoms with Gasteiger partial charge in [0.2, 0.25) is 0 Å². The summed E-state index contributed by atoms with van der Waals surface area (Å²) in [7, 11) is 1.86. The SMILES string of the molecule is CC(=O)OCC1(Nc2ncc(Cl)cc2-c2cnn(C)c2)CC1. The van der Waals surface area contributed by atoms with Crippen molar-refractivity contribution >= 4 is 23.4 Å². The Hall–Kier alpha value is -2.08. The smallest absolute Gasteiger partial charge is 0.302 e. The molecular weight excluding hydrogens is 304 g/mol. The highest BCUT2D eigenvalue weighted by Gasteiger charge is 2.44. The molecule has 0 spiro atoms. The van der Waals surface area contributed by atoms with E-state index in [0.717, 1.165) is 29.8 Å². The van der Waals surface area contributed by atoms with E-state index in [-0.39, 0.29) is 11.5 Å². The Bertz CT molecular complexity index is 709. The first kappa shape index (κ1) is 14.8. The van der Waals surface area contributed by atoms with Crippen molar-refractivity contribution in [3.63, 3.8) is 0 Å². The average Bonchev–Trinajstić information content (AvgIpc) is 3.10. The predicted molar refractivity (Wildman–Crippen MR) is 83.7 cm³/mol. The van der Waals surface area contributed by atoms with E-state index in [1.807, 2.05) is 19.3 Å². The fourth-order valence-corrected chi connectivity index (χ4v) is 2.42. The first-order valence-electron chi connectivity index (χ1n) is 7.04. The summed E-state index contributed by atoms with van der Waals surface area (Å²) in [6.45, 7) is 1.76. The van der Waals surface area contributed by atoms with E-state index in [1.165, 1.54) is 6.92 Å². The van der Waals surface area contributed by atoms with Gasteiger partial charge in [0, 0.05) is 37.5 Å². The molecule has 22 heavy (non-hydrogen) atoms. The molecular formula is C15H17ClN4O2. The predicted octanol–water partition coefficient (Wildman–Crippen LogP) is 2.64. The van der Waals surface area contributed by atoms with E-state index in [9.17, 15) is 4.79 Å². The number of aryl methyl sites for hydroxylation is 1. The summed E-state index contributed by atoms with van der Waals surface area (Å²) in [5.41, 5.74) is 1.60. The largest absolute Gasteiger partial charge is 0.463 e. The maximum Gasteiger partial charge on any atom is 0.302 e. The molecule has 7 heteroatoms. The van der Waals surface area contributed by atoms with Gasteiger partial charge < -0.3 is 10.1 Å². The van der Waals surface area contributed by atoms with E-state index < -0.39 is 0 Å². The van der Waals surface area contributed by atoms with Gasteiger partial charge in [-0.05, 0) is 18.9 Å². The van der Waals surface area contributed by atoms with Gasteiger partial charge >= 0.3 is 5.97 Å². The van der Waals surface area contributed by atoms with Crippen molar-refractivity contribution in [1.29, 1.82) is 0 Å². The summed E-state index contributed by atoms with van der Waals surface area (Å²) in [5.74, 6) is 0.451. The number of hydrogen-bond donors (Lipinski definition) is 1. The number of pyridine rings is 1. The number of esters is 1. The summed E-state index contributed by atoms with van der Waals surface area (Å²) in [4.78, 5) is 15.4. The molecule has 0 atom stereocenters. The van der Waals surface area contributed by atoms with Gasteiger partial charge in [-0.15, -0.1) is 0 Å². The summed E-state index contributed by atoms with van der Waals surface area (Å²) < 4.78 is 6.87. The van der Waals surface area contributed by atoms with Crippen LogP contribution in [0.15, 0.2) is 24.7 Å². The third kappa shape index (κ3) is 3.22. The lowest BCUT2D eigenvalue weighted by Gasteiger charge is -2.19. The molecule has 0 saturated heterocycles. The van der Waals surface area contributed by atoms with Crippen LogP contribution >= 0.6 is 11.6 Å². The van der Waals surface area contributed by atoms with Gasteiger partial charge in [0.25, 0.3) is 0 Å². The molecule has 2 aromatic rings. The lowest BCUT2D eigenvalue weighted by molar-refractivity contribution is -0.141. The number of nitrogens with zero attached hydrogens (tertiary/aromatic N) is 3. The summed E-state index contributed by atoms with van der Waals surface area (Å²) in [6, 6.07) is 1.86. The standard InChI is InChI=1S/C15H17ClN4O2/c1-10(21)22-9-15(3-4-15)19-14-13(5-12(16)7-17-14)11-6-18-20(2)8-11/h5-8H,3-4,9H2,1-2H3,(H,17,19). The van der Waals surface area contributed by atoms with E-state index in [0.29, 0.717) is 11.6 Å².